The summed E-state index contributed by atoms with van der Waals surface area (Å²) in [6.45, 7) is 6.98. The van der Waals surface area contributed by atoms with Crippen LogP contribution in [0.25, 0.3) is 0 Å². The number of allylic oxidation sites excluding steroid dienone is 8. The first-order chi connectivity index (χ1) is 8.69. The van der Waals surface area contributed by atoms with Gasteiger partial charge in [-0.15, -0.1) is 24.8 Å². The summed E-state index contributed by atoms with van der Waals surface area (Å²) >= 11 is 7.38. The Morgan fingerprint density at radius 1 is 0.810 bits per heavy atom. The minimum Gasteiger partial charge on any atom is -0.147 e. The molecule has 0 aromatic rings. The van der Waals surface area contributed by atoms with Gasteiger partial charge < -0.3 is 0 Å². The number of hydrogen-bond acceptors (Lipinski definition) is 0. The fraction of sp³-hybridized carbons (Fsp3) is 0.429. The van der Waals surface area contributed by atoms with Gasteiger partial charge in [0, 0.05) is 0 Å². The van der Waals surface area contributed by atoms with Crippen molar-refractivity contribution in [2.24, 2.45) is 0 Å². The van der Waals surface area contributed by atoms with Crippen molar-refractivity contribution in [3.05, 3.63) is 41.3 Å². The van der Waals surface area contributed by atoms with Crippen molar-refractivity contribution >= 4 is 68.8 Å². The van der Waals surface area contributed by atoms with Gasteiger partial charge >= 0.3 is 147 Å². The van der Waals surface area contributed by atoms with Crippen LogP contribution in [0.5, 0.6) is 0 Å². The molecule has 0 spiro atoms. The second-order valence-electron chi connectivity index (χ2n) is 6.07. The molecule has 0 radical (unpaired) electrons. The van der Waals surface area contributed by atoms with E-state index in [-0.39, 0.29) is 24.8 Å². The van der Waals surface area contributed by atoms with Crippen LogP contribution in [0.2, 0.25) is 26.2 Å². The fourth-order valence-electron chi connectivity index (χ4n) is 2.54. The minimum atomic E-state index is -1.32. The van der Waals surface area contributed by atoms with E-state index in [0.717, 1.165) is 0 Å². The quantitative estimate of drug-likeness (QED) is 0.264. The predicted molar refractivity (Wildman–Crippen MR) is 109 cm³/mol. The first-order valence-corrected chi connectivity index (χ1v) is 19.6. The molecule has 0 atom stereocenters. The Bertz CT molecular complexity index is 466. The molecule has 0 aliphatic heterocycles. The molecule has 0 amide bonds. The van der Waals surface area contributed by atoms with Crippen molar-refractivity contribution < 1.29 is 23.2 Å². The first kappa shape index (κ1) is 22.8. The third kappa shape index (κ3) is 5.99. The molecule has 0 nitrogen and oxygen atoms in total. The summed E-state index contributed by atoms with van der Waals surface area (Å²) in [5.74, 6) is 0. The summed E-state index contributed by atoms with van der Waals surface area (Å²) in [5, 5.41) is 3.37. The van der Waals surface area contributed by atoms with Gasteiger partial charge in [0.1, 0.15) is 0 Å². The maximum atomic E-state index is 3.97. The van der Waals surface area contributed by atoms with Crippen LogP contribution in [0.15, 0.2) is 41.3 Å². The largest absolute Gasteiger partial charge is 0.147 e. The molecule has 0 heterocycles. The summed E-state index contributed by atoms with van der Waals surface area (Å²) < 4.78 is 3.64. The van der Waals surface area contributed by atoms with Crippen LogP contribution in [0, 0.1) is 0 Å². The zero-order valence-corrected chi connectivity index (χ0v) is 22.1. The molecule has 0 aromatic heterocycles. The first-order valence-electron chi connectivity index (χ1n) is 6.65. The Morgan fingerprint density at radius 3 is 1.43 bits per heavy atom. The van der Waals surface area contributed by atoms with Crippen LogP contribution in [-0.4, -0.2) is 13.4 Å². The number of rotatable bonds is 4. The molecule has 2 aliphatic carbocycles. The second kappa shape index (κ2) is 8.78. The molecular weight excluding hydrogens is 546 g/mol. The van der Waals surface area contributed by atoms with Gasteiger partial charge in [0.25, 0.3) is 0 Å². The molecule has 7 heteroatoms. The zero-order chi connectivity index (χ0) is 14.3. The number of halogens is 4. The maximum absolute atomic E-state index is 3.97. The molecule has 118 valence electrons. The van der Waals surface area contributed by atoms with Crippen LogP contribution in [0.3, 0.4) is 0 Å². The molecule has 2 aliphatic rings. The normalized spacial score (nSPS) is 18.0. The summed E-state index contributed by atoms with van der Waals surface area (Å²) in [7, 11) is 0. The van der Waals surface area contributed by atoms with Crippen LogP contribution in [0.4, 0.5) is 0 Å². The third-order valence-electron chi connectivity index (χ3n) is 3.45. The smallest absolute Gasteiger partial charge is 0.147 e. The Hall–Kier alpha value is 1.82. The topological polar surface area (TPSA) is 0 Å². The van der Waals surface area contributed by atoms with Crippen molar-refractivity contribution in [3.63, 3.8) is 0 Å². The van der Waals surface area contributed by atoms with Crippen LogP contribution in [0.1, 0.15) is 12.8 Å². The standard InChI is InChI=1S/2C7H10BrSi.2ClH.Zr/c2*1-9(2,8)7-5-3-4-6-7;;;/h2*3,5H,4H2,1-2H3;2*1H;. The van der Waals surface area contributed by atoms with E-state index in [2.05, 4.69) is 81.1 Å². The third-order valence-corrected chi connectivity index (χ3v) is 14.5. The SMILES string of the molecule is C[Si](C)(Br)C1=[C]([Zr][C]2=C([Si](C)(C)Br)C=CC2)CC=C1.Cl.Cl. The van der Waals surface area contributed by atoms with Gasteiger partial charge in [-0.3, -0.25) is 0 Å². The number of hydrogen-bond donors (Lipinski definition) is 0. The van der Waals surface area contributed by atoms with E-state index in [1.807, 2.05) is 6.56 Å². The van der Waals surface area contributed by atoms with E-state index in [4.69, 9.17) is 0 Å². The van der Waals surface area contributed by atoms with Gasteiger partial charge in [0.05, 0.1) is 0 Å². The fourth-order valence-corrected chi connectivity index (χ4v) is 18.5. The predicted octanol–water partition coefficient (Wildman–Crippen LogP) is 6.62. The van der Waals surface area contributed by atoms with Crippen molar-refractivity contribution in [2.75, 3.05) is 0 Å². The maximum Gasteiger partial charge on any atom is -0.147 e. The summed E-state index contributed by atoms with van der Waals surface area (Å²) in [5.41, 5.74) is 0. The van der Waals surface area contributed by atoms with Crippen LogP contribution < -0.4 is 0 Å². The minimum absolute atomic E-state index is 0. The van der Waals surface area contributed by atoms with Crippen LogP contribution >= 0.6 is 55.4 Å². The van der Waals surface area contributed by atoms with Gasteiger partial charge in [-0.25, -0.2) is 0 Å². The molecule has 0 aromatic carbocycles. The molecule has 0 N–H and O–H groups in total. The molecular formula is C14H22Br2Cl2Si2Zr. The monoisotopic (exact) mass is 564 g/mol. The van der Waals surface area contributed by atoms with Crippen LogP contribution in [-0.2, 0) is 23.2 Å². The van der Waals surface area contributed by atoms with E-state index < -0.39 is 36.6 Å². The Kier molecular flexibility index (Phi) is 9.54. The van der Waals surface area contributed by atoms with Gasteiger partial charge in [-0.2, -0.15) is 0 Å². The van der Waals surface area contributed by atoms with Gasteiger partial charge in [-0.1, -0.05) is 0 Å². The molecule has 2 rings (SSSR count). The summed E-state index contributed by atoms with van der Waals surface area (Å²) in [4.78, 5) is 0. The molecule has 0 unspecified atom stereocenters. The average molecular weight is 568 g/mol. The second-order valence-corrected chi connectivity index (χ2v) is 28.5. The van der Waals surface area contributed by atoms with Crippen molar-refractivity contribution in [1.82, 2.24) is 0 Å². The Labute approximate surface area is 170 Å². The Morgan fingerprint density at radius 2 is 1.14 bits per heavy atom. The van der Waals surface area contributed by atoms with Gasteiger partial charge in [0.15, 0.2) is 0 Å². The molecule has 0 bridgehead atoms. The van der Waals surface area contributed by atoms with E-state index in [0.29, 0.717) is 0 Å². The van der Waals surface area contributed by atoms with E-state index in [1.165, 1.54) is 12.8 Å². The van der Waals surface area contributed by atoms with E-state index >= 15 is 0 Å². The average Bonchev–Trinajstić information content (AvgIpc) is 2.83. The van der Waals surface area contributed by atoms with E-state index in [1.54, 1.807) is 10.4 Å². The molecule has 21 heavy (non-hydrogen) atoms. The van der Waals surface area contributed by atoms with Gasteiger partial charge in [-0.05, 0) is 0 Å². The Balaban J connectivity index is 0.00000200. The van der Waals surface area contributed by atoms with Crippen molar-refractivity contribution in [1.29, 1.82) is 0 Å². The molecule has 0 saturated carbocycles. The van der Waals surface area contributed by atoms with Gasteiger partial charge in [0.2, 0.25) is 0 Å². The molecule has 0 saturated heterocycles. The summed E-state index contributed by atoms with van der Waals surface area (Å²) in [6.07, 6.45) is 12.0. The van der Waals surface area contributed by atoms with Crippen molar-refractivity contribution in [2.45, 2.75) is 39.0 Å². The zero-order valence-electron chi connectivity index (χ0n) is 12.8. The molecule has 0 fully saturated rings. The van der Waals surface area contributed by atoms with Crippen molar-refractivity contribution in [3.8, 4) is 0 Å². The summed E-state index contributed by atoms with van der Waals surface area (Å²) in [6, 6.07) is 0. The van der Waals surface area contributed by atoms with E-state index in [9.17, 15) is 0 Å².